The van der Waals surface area contributed by atoms with Crippen molar-refractivity contribution < 1.29 is 9.53 Å². The minimum atomic E-state index is -0.0252. The second-order valence-corrected chi connectivity index (χ2v) is 8.35. The number of methoxy groups -OCH3 is 1. The highest BCUT2D eigenvalue weighted by Gasteiger charge is 2.22. The number of hydrogen-bond acceptors (Lipinski definition) is 6. The summed E-state index contributed by atoms with van der Waals surface area (Å²) >= 11 is 3.13. The van der Waals surface area contributed by atoms with E-state index in [0.29, 0.717) is 0 Å². The number of thiophene rings is 1. The van der Waals surface area contributed by atoms with E-state index in [9.17, 15) is 4.79 Å². The summed E-state index contributed by atoms with van der Waals surface area (Å²) in [4.78, 5) is 23.4. The topological polar surface area (TPSA) is 45.7 Å². The third-order valence-corrected chi connectivity index (χ3v) is 7.03. The number of rotatable bonds is 7. The maximum Gasteiger partial charge on any atom is 0.264 e. The Morgan fingerprint density at radius 3 is 2.41 bits per heavy atom. The normalized spacial score (nSPS) is 12.2. The van der Waals surface area contributed by atoms with Crippen LogP contribution in [0.4, 0.5) is 5.13 Å². The number of carbonyl (C=O) groups is 1. The number of anilines is 1. The van der Waals surface area contributed by atoms with Crippen molar-refractivity contribution in [3.8, 4) is 5.75 Å². The average Bonchev–Trinajstić information content (AvgIpc) is 3.26. The Kier molecular flexibility index (Phi) is 6.01. The van der Waals surface area contributed by atoms with Crippen molar-refractivity contribution >= 4 is 43.2 Å². The molecule has 0 aliphatic rings. The highest BCUT2D eigenvalue weighted by atomic mass is 32.1. The van der Waals surface area contributed by atoms with Gasteiger partial charge in [-0.1, -0.05) is 23.5 Å². The molecule has 0 spiro atoms. The fraction of sp³-hybridized carbons (Fsp3) is 0.400. The van der Waals surface area contributed by atoms with Gasteiger partial charge in [0.2, 0.25) is 0 Å². The summed E-state index contributed by atoms with van der Waals surface area (Å²) in [6.07, 6.45) is 0. The average molecular weight is 404 g/mol. The van der Waals surface area contributed by atoms with Crippen LogP contribution in [-0.2, 0) is 0 Å². The first kappa shape index (κ1) is 19.6. The van der Waals surface area contributed by atoms with Crippen molar-refractivity contribution in [2.45, 2.75) is 26.8 Å². The van der Waals surface area contributed by atoms with E-state index in [2.05, 4.69) is 18.7 Å². The van der Waals surface area contributed by atoms with Crippen LogP contribution in [0.25, 0.3) is 9.53 Å². The Hall–Kier alpha value is -2.12. The summed E-state index contributed by atoms with van der Waals surface area (Å²) in [7, 11) is 3.50. The van der Waals surface area contributed by atoms with Crippen molar-refractivity contribution in [3.05, 3.63) is 40.8 Å². The van der Waals surface area contributed by atoms with Gasteiger partial charge >= 0.3 is 0 Å². The summed E-state index contributed by atoms with van der Waals surface area (Å²) < 4.78 is 6.28. The van der Waals surface area contributed by atoms with Crippen molar-refractivity contribution in [1.82, 2.24) is 9.88 Å². The number of hydrogen-bond donors (Lipinski definition) is 0. The fourth-order valence-electron chi connectivity index (χ4n) is 2.91. The molecule has 3 rings (SSSR count). The third-order valence-electron chi connectivity index (χ3n) is 4.82. The lowest BCUT2D eigenvalue weighted by atomic mass is 10.1. The zero-order chi connectivity index (χ0) is 19.6. The Labute approximate surface area is 168 Å². The second-order valence-electron chi connectivity index (χ2n) is 6.31. The molecule has 144 valence electrons. The molecule has 2 heterocycles. The minimum absolute atomic E-state index is 0.0252. The molecule has 0 fully saturated rings. The highest BCUT2D eigenvalue weighted by molar-refractivity contribution is 7.29. The standard InChI is InChI=1S/C20H25N3O2S2/c1-6-23(7-2)20-21-18-16(27-20)12-17(26-18)19(24)22(4)13(3)14-8-10-15(25-5)11-9-14/h8-13H,6-7H2,1-5H3. The molecule has 1 amide bonds. The molecule has 0 bridgehead atoms. The maximum atomic E-state index is 13.0. The van der Waals surface area contributed by atoms with Gasteiger partial charge in [-0.3, -0.25) is 4.79 Å². The highest BCUT2D eigenvalue weighted by Crippen LogP contribution is 2.35. The molecule has 7 heteroatoms. The number of nitrogens with zero attached hydrogens (tertiary/aromatic N) is 3. The predicted molar refractivity (Wildman–Crippen MR) is 115 cm³/mol. The molecule has 2 aromatic heterocycles. The largest absolute Gasteiger partial charge is 0.497 e. The lowest BCUT2D eigenvalue weighted by molar-refractivity contribution is 0.0747. The van der Waals surface area contributed by atoms with E-state index >= 15 is 0 Å². The number of aromatic nitrogens is 1. The molecule has 3 aromatic rings. The maximum absolute atomic E-state index is 13.0. The summed E-state index contributed by atoms with van der Waals surface area (Å²) in [5, 5.41) is 1.03. The zero-order valence-electron chi connectivity index (χ0n) is 16.4. The molecule has 1 atom stereocenters. The first-order chi connectivity index (χ1) is 13.0. The summed E-state index contributed by atoms with van der Waals surface area (Å²) in [5.74, 6) is 0.839. The van der Waals surface area contributed by atoms with Crippen molar-refractivity contribution in [3.63, 3.8) is 0 Å². The minimum Gasteiger partial charge on any atom is -0.497 e. The number of carbonyl (C=O) groups excluding carboxylic acids is 1. The van der Waals surface area contributed by atoms with Gasteiger partial charge in [0.25, 0.3) is 5.91 Å². The van der Waals surface area contributed by atoms with Gasteiger partial charge < -0.3 is 14.5 Å². The van der Waals surface area contributed by atoms with Crippen molar-refractivity contribution in [2.24, 2.45) is 0 Å². The van der Waals surface area contributed by atoms with E-state index in [4.69, 9.17) is 9.72 Å². The molecule has 27 heavy (non-hydrogen) atoms. The van der Waals surface area contributed by atoms with Crippen molar-refractivity contribution in [2.75, 3.05) is 32.1 Å². The molecule has 0 saturated carbocycles. The number of ether oxygens (including phenoxy) is 1. The van der Waals surface area contributed by atoms with E-state index in [0.717, 1.165) is 43.9 Å². The molecule has 0 N–H and O–H groups in total. The van der Waals surface area contributed by atoms with Gasteiger partial charge in [0.1, 0.15) is 10.6 Å². The molecule has 0 aliphatic heterocycles. The van der Waals surface area contributed by atoms with Gasteiger partial charge in [-0.2, -0.15) is 0 Å². The molecule has 5 nitrogen and oxygen atoms in total. The second kappa shape index (κ2) is 8.27. The Morgan fingerprint density at radius 2 is 1.85 bits per heavy atom. The number of thiazole rings is 1. The summed E-state index contributed by atoms with van der Waals surface area (Å²) in [6, 6.07) is 9.79. The van der Waals surface area contributed by atoms with Crippen LogP contribution >= 0.6 is 22.7 Å². The first-order valence-corrected chi connectivity index (χ1v) is 10.7. The van der Waals surface area contributed by atoms with Crippen LogP contribution in [0.15, 0.2) is 30.3 Å². The van der Waals surface area contributed by atoms with Gasteiger partial charge in [0.05, 0.1) is 22.7 Å². The van der Waals surface area contributed by atoms with Crippen LogP contribution in [0.5, 0.6) is 5.75 Å². The summed E-state index contributed by atoms with van der Waals surface area (Å²) in [5.41, 5.74) is 1.08. The van der Waals surface area contributed by atoms with E-state index in [1.165, 1.54) is 11.3 Å². The monoisotopic (exact) mass is 403 g/mol. The number of fused-ring (bicyclic) bond motifs is 1. The van der Waals surface area contributed by atoms with Gasteiger partial charge in [0.15, 0.2) is 5.13 Å². The molecule has 0 saturated heterocycles. The van der Waals surface area contributed by atoms with E-state index in [1.54, 1.807) is 23.3 Å². The van der Waals surface area contributed by atoms with Crippen LogP contribution in [0.3, 0.4) is 0 Å². The van der Waals surface area contributed by atoms with Crippen LogP contribution in [0.2, 0.25) is 0 Å². The lowest BCUT2D eigenvalue weighted by Gasteiger charge is -2.25. The Bertz CT molecular complexity index is 882. The van der Waals surface area contributed by atoms with Gasteiger partial charge in [-0.25, -0.2) is 4.98 Å². The SMILES string of the molecule is CCN(CC)c1nc2sc(C(=O)N(C)C(C)c3ccc(OC)cc3)cc2s1. The quantitative estimate of drug-likeness (QED) is 0.554. The smallest absolute Gasteiger partial charge is 0.264 e. The zero-order valence-corrected chi connectivity index (χ0v) is 18.0. The summed E-state index contributed by atoms with van der Waals surface area (Å²) in [6.45, 7) is 8.16. The third kappa shape index (κ3) is 3.94. The van der Waals surface area contributed by atoms with E-state index < -0.39 is 0 Å². The van der Waals surface area contributed by atoms with Crippen molar-refractivity contribution in [1.29, 1.82) is 0 Å². The van der Waals surface area contributed by atoms with Crippen LogP contribution in [0, 0.1) is 0 Å². The Balaban J connectivity index is 1.78. The molecule has 1 aromatic carbocycles. The molecular weight excluding hydrogens is 378 g/mol. The van der Waals surface area contributed by atoms with E-state index in [-0.39, 0.29) is 11.9 Å². The number of amides is 1. The van der Waals surface area contributed by atoms with Gasteiger partial charge in [-0.05, 0) is 44.5 Å². The molecule has 0 aliphatic carbocycles. The van der Waals surface area contributed by atoms with Crippen LogP contribution in [-0.4, -0.2) is 43.0 Å². The van der Waals surface area contributed by atoms with E-state index in [1.807, 2.05) is 44.3 Å². The van der Waals surface area contributed by atoms with Gasteiger partial charge in [-0.15, -0.1) is 11.3 Å². The van der Waals surface area contributed by atoms with Gasteiger partial charge in [0, 0.05) is 20.1 Å². The Morgan fingerprint density at radius 1 is 1.19 bits per heavy atom. The molecule has 1 unspecified atom stereocenters. The van der Waals surface area contributed by atoms with Crippen LogP contribution in [0.1, 0.15) is 42.0 Å². The number of benzene rings is 1. The first-order valence-electron chi connectivity index (χ1n) is 9.04. The molecule has 0 radical (unpaired) electrons. The van der Waals surface area contributed by atoms with Crippen LogP contribution < -0.4 is 9.64 Å². The molecular formula is C20H25N3O2S2. The predicted octanol–water partition coefficient (Wildman–Crippen LogP) is 5.05. The lowest BCUT2D eigenvalue weighted by Crippen LogP contribution is -2.29. The fourth-order valence-corrected chi connectivity index (χ4v) is 5.24.